The van der Waals surface area contributed by atoms with Gasteiger partial charge in [-0.15, -0.1) is 0 Å². The van der Waals surface area contributed by atoms with Gasteiger partial charge in [-0.1, -0.05) is 37.3 Å². The molecule has 0 saturated carbocycles. The van der Waals surface area contributed by atoms with Crippen molar-refractivity contribution in [1.82, 2.24) is 19.5 Å². The highest BCUT2D eigenvalue weighted by Crippen LogP contribution is 2.25. The number of rotatable bonds is 7. The molecule has 0 aliphatic carbocycles. The first kappa shape index (κ1) is 19.3. The number of nitrogens with one attached hydrogen (secondary N) is 1. The molecule has 4 aromatic rings. The number of hydrogen-bond donors (Lipinski definition) is 1. The average molecular weight is 399 g/mol. The highest BCUT2D eigenvalue weighted by Gasteiger charge is 2.18. The lowest BCUT2D eigenvalue weighted by molar-refractivity contribution is -0.117. The van der Waals surface area contributed by atoms with Gasteiger partial charge in [0.25, 0.3) is 0 Å². The van der Waals surface area contributed by atoms with Crippen LogP contribution in [0.4, 0.5) is 5.69 Å². The summed E-state index contributed by atoms with van der Waals surface area (Å²) in [6.45, 7) is 2.01. The van der Waals surface area contributed by atoms with Crippen LogP contribution < -0.4 is 10.1 Å². The van der Waals surface area contributed by atoms with Crippen LogP contribution in [0.25, 0.3) is 5.82 Å². The summed E-state index contributed by atoms with van der Waals surface area (Å²) in [6, 6.07) is 18.7. The van der Waals surface area contributed by atoms with Gasteiger partial charge in [-0.2, -0.15) is 0 Å². The number of aromatic nitrogens is 4. The lowest BCUT2D eigenvalue weighted by Crippen LogP contribution is -2.20. The fraction of sp³-hybridized carbons (Fsp3) is 0.130. The van der Waals surface area contributed by atoms with Gasteiger partial charge >= 0.3 is 0 Å². The van der Waals surface area contributed by atoms with Crippen LogP contribution in [0.2, 0.25) is 0 Å². The highest BCUT2D eigenvalue weighted by atomic mass is 16.5. The molecule has 7 nitrogen and oxygen atoms in total. The van der Waals surface area contributed by atoms with Crippen molar-refractivity contribution in [2.45, 2.75) is 19.3 Å². The van der Waals surface area contributed by atoms with Crippen molar-refractivity contribution in [1.29, 1.82) is 0 Å². The van der Waals surface area contributed by atoms with Gasteiger partial charge in [-0.05, 0) is 36.2 Å². The minimum absolute atomic E-state index is 0.0295. The Hall–Kier alpha value is -4.00. The predicted octanol–water partition coefficient (Wildman–Crippen LogP) is 4.59. The second-order valence-electron chi connectivity index (χ2n) is 6.67. The topological polar surface area (TPSA) is 81.9 Å². The van der Waals surface area contributed by atoms with E-state index in [2.05, 4.69) is 20.3 Å². The van der Waals surface area contributed by atoms with Crippen molar-refractivity contribution >= 4 is 11.6 Å². The van der Waals surface area contributed by atoms with Gasteiger partial charge in [0.15, 0.2) is 0 Å². The normalized spacial score (nSPS) is 11.6. The summed E-state index contributed by atoms with van der Waals surface area (Å²) >= 11 is 0. The van der Waals surface area contributed by atoms with Crippen LogP contribution in [0.5, 0.6) is 11.6 Å². The first-order chi connectivity index (χ1) is 14.7. The number of nitrogens with zero attached hydrogens (tertiary/aromatic N) is 4. The summed E-state index contributed by atoms with van der Waals surface area (Å²) in [5, 5.41) is 2.98. The van der Waals surface area contributed by atoms with Crippen LogP contribution in [0.15, 0.2) is 85.7 Å². The maximum Gasteiger partial charge on any atom is 0.231 e. The number of carbonyl (C=O) groups excluding carboxylic acids is 1. The van der Waals surface area contributed by atoms with Crippen LogP contribution in [0, 0.1) is 0 Å². The van der Waals surface area contributed by atoms with Gasteiger partial charge in [0.1, 0.15) is 24.2 Å². The van der Waals surface area contributed by atoms with Crippen molar-refractivity contribution in [3.63, 3.8) is 0 Å². The number of hydrogen-bond acceptors (Lipinski definition) is 5. The molecule has 0 aliphatic heterocycles. The van der Waals surface area contributed by atoms with E-state index in [0.717, 1.165) is 12.0 Å². The number of ether oxygens (including phenoxy) is 1. The zero-order valence-electron chi connectivity index (χ0n) is 16.5. The number of anilines is 1. The molecule has 0 fully saturated rings. The largest absolute Gasteiger partial charge is 0.439 e. The summed E-state index contributed by atoms with van der Waals surface area (Å²) in [4.78, 5) is 25.1. The van der Waals surface area contributed by atoms with Crippen LogP contribution in [-0.2, 0) is 4.79 Å². The summed E-state index contributed by atoms with van der Waals surface area (Å²) in [7, 11) is 0. The van der Waals surface area contributed by atoms with E-state index < -0.39 is 0 Å². The lowest BCUT2D eigenvalue weighted by atomic mass is 9.95. The monoisotopic (exact) mass is 399 g/mol. The molecule has 0 bridgehead atoms. The van der Waals surface area contributed by atoms with E-state index in [1.54, 1.807) is 41.5 Å². The molecule has 1 N–H and O–H groups in total. The van der Waals surface area contributed by atoms with Crippen LogP contribution in [0.3, 0.4) is 0 Å². The van der Waals surface area contributed by atoms with Gasteiger partial charge in [0, 0.05) is 24.1 Å². The van der Waals surface area contributed by atoms with E-state index in [9.17, 15) is 4.79 Å². The van der Waals surface area contributed by atoms with Gasteiger partial charge < -0.3 is 10.1 Å². The van der Waals surface area contributed by atoms with Crippen LogP contribution in [-0.4, -0.2) is 25.4 Å². The minimum atomic E-state index is -0.190. The molecule has 30 heavy (non-hydrogen) atoms. The first-order valence-electron chi connectivity index (χ1n) is 9.67. The minimum Gasteiger partial charge on any atom is -0.439 e. The Bertz CT molecular complexity index is 1100. The van der Waals surface area contributed by atoms with Crippen molar-refractivity contribution in [2.75, 3.05) is 5.32 Å². The third kappa shape index (κ3) is 4.52. The van der Waals surface area contributed by atoms with Crippen molar-refractivity contribution in [2.24, 2.45) is 0 Å². The Morgan fingerprint density at radius 2 is 1.90 bits per heavy atom. The molecule has 1 unspecified atom stereocenters. The molecule has 0 saturated heterocycles. The average Bonchev–Trinajstić information content (AvgIpc) is 3.32. The smallest absolute Gasteiger partial charge is 0.231 e. The zero-order valence-corrected chi connectivity index (χ0v) is 16.5. The molecule has 0 aliphatic rings. The Labute approximate surface area is 174 Å². The fourth-order valence-electron chi connectivity index (χ4n) is 3.14. The molecule has 2 aromatic carbocycles. The number of amides is 1. The zero-order chi connectivity index (χ0) is 20.8. The molecular formula is C23H21N5O2. The van der Waals surface area contributed by atoms with Gasteiger partial charge in [0.05, 0.1) is 5.92 Å². The van der Waals surface area contributed by atoms with Gasteiger partial charge in [-0.3, -0.25) is 9.36 Å². The van der Waals surface area contributed by atoms with E-state index in [1.807, 2.05) is 49.4 Å². The fourth-order valence-corrected chi connectivity index (χ4v) is 3.14. The Morgan fingerprint density at radius 1 is 1.10 bits per heavy atom. The Kier molecular flexibility index (Phi) is 5.80. The summed E-state index contributed by atoms with van der Waals surface area (Å²) in [5.74, 6) is 1.47. The standard InChI is InChI=1S/C23H21N5O2/c1-2-20(17-6-4-3-5-7-17)23(29)27-18-8-10-19(11-9-18)30-22-14-21(25-15-26-22)28-13-12-24-16-28/h3-16,20H,2H2,1H3,(H,27,29). The van der Waals surface area contributed by atoms with Crippen LogP contribution >= 0.6 is 0 Å². The molecule has 150 valence electrons. The molecule has 1 atom stereocenters. The number of benzene rings is 2. The van der Waals surface area contributed by atoms with Gasteiger partial charge in [0.2, 0.25) is 11.8 Å². The van der Waals surface area contributed by atoms with Gasteiger partial charge in [-0.25, -0.2) is 15.0 Å². The second kappa shape index (κ2) is 9.00. The predicted molar refractivity (Wildman–Crippen MR) is 114 cm³/mol. The molecule has 0 spiro atoms. The molecule has 2 heterocycles. The highest BCUT2D eigenvalue weighted by molar-refractivity contribution is 5.95. The third-order valence-electron chi connectivity index (χ3n) is 4.67. The Balaban J connectivity index is 1.42. The Morgan fingerprint density at radius 3 is 2.60 bits per heavy atom. The molecule has 4 rings (SSSR count). The maximum absolute atomic E-state index is 12.7. The van der Waals surface area contributed by atoms with Crippen molar-refractivity contribution in [3.05, 3.63) is 91.3 Å². The van der Waals surface area contributed by atoms with E-state index in [-0.39, 0.29) is 11.8 Å². The van der Waals surface area contributed by atoms with Crippen molar-refractivity contribution < 1.29 is 9.53 Å². The molecular weight excluding hydrogens is 378 g/mol. The molecule has 7 heteroatoms. The number of imidazole rings is 1. The lowest BCUT2D eigenvalue weighted by Gasteiger charge is -2.15. The molecule has 0 radical (unpaired) electrons. The van der Waals surface area contributed by atoms with E-state index in [0.29, 0.717) is 23.1 Å². The van der Waals surface area contributed by atoms with E-state index >= 15 is 0 Å². The summed E-state index contributed by atoms with van der Waals surface area (Å²) < 4.78 is 7.59. The van der Waals surface area contributed by atoms with E-state index in [4.69, 9.17) is 4.74 Å². The maximum atomic E-state index is 12.7. The number of carbonyl (C=O) groups is 1. The van der Waals surface area contributed by atoms with Crippen LogP contribution in [0.1, 0.15) is 24.8 Å². The first-order valence-corrected chi connectivity index (χ1v) is 9.67. The second-order valence-corrected chi connectivity index (χ2v) is 6.67. The molecule has 1 amide bonds. The SMILES string of the molecule is CCC(C(=O)Nc1ccc(Oc2cc(-n3ccnc3)ncn2)cc1)c1ccccc1. The van der Waals surface area contributed by atoms with E-state index in [1.165, 1.54) is 6.33 Å². The van der Waals surface area contributed by atoms with Crippen molar-refractivity contribution in [3.8, 4) is 17.4 Å². The summed E-state index contributed by atoms with van der Waals surface area (Å²) in [5.41, 5.74) is 1.72. The third-order valence-corrected chi connectivity index (χ3v) is 4.67. The summed E-state index contributed by atoms with van der Waals surface area (Å²) in [6.07, 6.45) is 7.29. The quantitative estimate of drug-likeness (QED) is 0.492. The molecule has 2 aromatic heterocycles.